The fraction of sp³-hybridized carbons (Fsp3) is 0.111. The number of allylic oxidation sites excluding steroid dienone is 5. The molecule has 0 N–H and O–H groups in total. The molecule has 1 heterocycles. The zero-order valence-electron chi connectivity index (χ0n) is 12.4. The molecular weight excluding hydrogens is 472 g/mol. The number of alkyl halides is 1. The first-order valence-corrected chi connectivity index (χ1v) is 7.47. The van der Waals surface area contributed by atoms with Crippen LogP contribution in [0, 0.1) is 6.20 Å². The van der Waals surface area contributed by atoms with E-state index in [0.29, 0.717) is 0 Å². The van der Waals surface area contributed by atoms with Gasteiger partial charge in [-0.25, -0.2) is 12.1 Å². The molecule has 0 spiro atoms. The number of pyridine rings is 1. The topological polar surface area (TPSA) is 12.9 Å². The van der Waals surface area contributed by atoms with Crippen molar-refractivity contribution in [2.75, 3.05) is 0 Å². The van der Waals surface area contributed by atoms with Gasteiger partial charge in [0.25, 0.3) is 0 Å². The fourth-order valence-corrected chi connectivity index (χ4v) is 3.18. The zero-order valence-corrected chi connectivity index (χ0v) is 18.0. The summed E-state index contributed by atoms with van der Waals surface area (Å²) in [4.78, 5) is 4.53. The summed E-state index contributed by atoms with van der Waals surface area (Å²) in [5, 5.41) is 0. The van der Waals surface area contributed by atoms with Gasteiger partial charge in [0.1, 0.15) is 0 Å². The number of halogens is 3. The zero-order chi connectivity index (χ0) is 13.9. The molecule has 4 rings (SSSR count). The molecule has 2 aliphatic rings. The monoisotopic (exact) mass is 483 g/mol. The maximum Gasteiger partial charge on any atom is 4.00 e. The van der Waals surface area contributed by atoms with Crippen LogP contribution in [0.15, 0.2) is 71.3 Å². The summed E-state index contributed by atoms with van der Waals surface area (Å²) < 4.78 is 0. The van der Waals surface area contributed by atoms with E-state index in [0.717, 1.165) is 5.69 Å². The first-order chi connectivity index (χ1) is 9.75. The molecule has 0 fully saturated rings. The van der Waals surface area contributed by atoms with Crippen LogP contribution in [0.1, 0.15) is 23.0 Å². The van der Waals surface area contributed by atoms with Gasteiger partial charge in [0.05, 0.1) is 0 Å². The van der Waals surface area contributed by atoms with E-state index in [2.05, 4.69) is 58.3 Å². The second-order valence-electron chi connectivity index (χ2n) is 4.83. The molecule has 0 bridgehead atoms. The first-order valence-electron chi connectivity index (χ1n) is 6.55. The molecule has 1 atom stereocenters. The van der Waals surface area contributed by atoms with Gasteiger partial charge in [-0.3, -0.25) is 0 Å². The molecule has 1 aromatic heterocycles. The summed E-state index contributed by atoms with van der Waals surface area (Å²) in [7, 11) is 0. The number of hydrogen-bond donors (Lipinski definition) is 0. The van der Waals surface area contributed by atoms with E-state index < -0.39 is 0 Å². The number of fused-ring (bicyclic) bond motifs is 2. The molecule has 0 saturated heterocycles. The molecule has 116 valence electrons. The maximum absolute atomic E-state index is 4.27. The molecule has 5 heteroatoms. The Kier molecular flexibility index (Phi) is 10.4. The summed E-state index contributed by atoms with van der Waals surface area (Å²) in [5.74, 6) is 0. The van der Waals surface area contributed by atoms with Crippen molar-refractivity contribution in [1.82, 2.24) is 4.98 Å². The molecule has 0 amide bonds. The molecule has 2 aliphatic carbocycles. The van der Waals surface area contributed by atoms with Crippen LogP contribution in [-0.2, 0) is 26.2 Å². The van der Waals surface area contributed by atoms with Crippen LogP contribution in [-0.4, -0.2) is 4.98 Å². The van der Waals surface area contributed by atoms with Crippen molar-refractivity contribution in [1.29, 1.82) is 0 Å². The van der Waals surface area contributed by atoms with Crippen molar-refractivity contribution < 1.29 is 51.0 Å². The van der Waals surface area contributed by atoms with Crippen LogP contribution in [0.2, 0.25) is 0 Å². The molecule has 1 nitrogen and oxygen atoms in total. The second kappa shape index (κ2) is 10.5. The van der Waals surface area contributed by atoms with Crippen LogP contribution in [0.25, 0.3) is 6.08 Å². The van der Waals surface area contributed by atoms with Gasteiger partial charge in [-0.2, -0.15) is 30.3 Å². The van der Waals surface area contributed by atoms with E-state index in [1.807, 2.05) is 36.4 Å². The average molecular weight is 486 g/mol. The van der Waals surface area contributed by atoms with Crippen molar-refractivity contribution in [2.45, 2.75) is 11.8 Å². The first kappa shape index (κ1) is 22.7. The largest absolute Gasteiger partial charge is 4.00 e. The Balaban J connectivity index is 0.000000529. The van der Waals surface area contributed by atoms with E-state index in [1.165, 1.54) is 22.3 Å². The molecule has 2 aromatic rings. The van der Waals surface area contributed by atoms with Crippen LogP contribution in [0.4, 0.5) is 0 Å². The Morgan fingerprint density at radius 2 is 1.83 bits per heavy atom. The molecular formula is C18H14BrCl2NZr. The Hall–Kier alpha value is -0.337. The Morgan fingerprint density at radius 3 is 2.43 bits per heavy atom. The summed E-state index contributed by atoms with van der Waals surface area (Å²) in [6, 6.07) is 13.9. The third-order valence-corrected chi connectivity index (χ3v) is 4.30. The van der Waals surface area contributed by atoms with E-state index >= 15 is 0 Å². The Labute approximate surface area is 177 Å². The van der Waals surface area contributed by atoms with Gasteiger partial charge in [0, 0.05) is 4.83 Å². The minimum atomic E-state index is 0. The number of rotatable bonds is 0. The molecule has 1 unspecified atom stereocenters. The third kappa shape index (κ3) is 5.32. The normalized spacial score (nSPS) is 16.4. The van der Waals surface area contributed by atoms with Crippen molar-refractivity contribution in [3.63, 3.8) is 0 Å². The summed E-state index contributed by atoms with van der Waals surface area (Å²) in [6.45, 7) is 2.12. The molecule has 0 radical (unpaired) electrons. The van der Waals surface area contributed by atoms with Crippen LogP contribution in [0.5, 0.6) is 0 Å². The Morgan fingerprint density at radius 1 is 1.13 bits per heavy atom. The minimum Gasteiger partial charge on any atom is -1.00 e. The van der Waals surface area contributed by atoms with E-state index in [9.17, 15) is 0 Å². The van der Waals surface area contributed by atoms with Gasteiger partial charge in [0.2, 0.25) is 0 Å². The molecule has 0 aliphatic heterocycles. The number of aromatic nitrogens is 1. The molecule has 1 aromatic carbocycles. The smallest absolute Gasteiger partial charge is 1.00 e. The van der Waals surface area contributed by atoms with Gasteiger partial charge in [0.15, 0.2) is 0 Å². The molecule has 23 heavy (non-hydrogen) atoms. The third-order valence-electron chi connectivity index (χ3n) is 3.31. The standard InChI is InChI=1S/C13H9BrN.C5H5.2ClH.Zr/c1-8-5-9-7-12-10(3-2-4-15-12)13(14)11(9)6-8;1-2-4-5-3-1;;;/h2-3,5-7,13H,1H3;1-5H;2*1H;/q2*-1;;;+4/p-2. The van der Waals surface area contributed by atoms with Crippen LogP contribution < -0.4 is 24.8 Å². The maximum atomic E-state index is 4.27. The van der Waals surface area contributed by atoms with Crippen molar-refractivity contribution >= 4 is 22.0 Å². The Bertz CT molecular complexity index is 688. The van der Waals surface area contributed by atoms with E-state index in [4.69, 9.17) is 0 Å². The minimum absolute atomic E-state index is 0. The van der Waals surface area contributed by atoms with E-state index in [-0.39, 0.29) is 55.8 Å². The summed E-state index contributed by atoms with van der Waals surface area (Å²) in [6.07, 6.45) is 9.43. The summed E-state index contributed by atoms with van der Waals surface area (Å²) in [5.41, 5.74) is 6.17. The van der Waals surface area contributed by atoms with Gasteiger partial charge in [-0.05, 0) is 23.8 Å². The predicted molar refractivity (Wildman–Crippen MR) is 86.6 cm³/mol. The molecule has 0 saturated carbocycles. The van der Waals surface area contributed by atoms with Crippen LogP contribution in [0.3, 0.4) is 0 Å². The van der Waals surface area contributed by atoms with Crippen molar-refractivity contribution in [3.05, 3.63) is 88.8 Å². The number of hydrogen-bond acceptors (Lipinski definition) is 1. The van der Waals surface area contributed by atoms with Gasteiger partial charge < -0.3 is 29.8 Å². The quantitative estimate of drug-likeness (QED) is 0.345. The van der Waals surface area contributed by atoms with Gasteiger partial charge in [-0.1, -0.05) is 45.9 Å². The van der Waals surface area contributed by atoms with E-state index in [1.54, 1.807) is 0 Å². The second-order valence-corrected chi connectivity index (χ2v) is 5.74. The fourth-order valence-electron chi connectivity index (χ4n) is 2.39. The number of nitrogens with zero attached hydrogens (tertiary/aromatic N) is 1. The van der Waals surface area contributed by atoms with Crippen molar-refractivity contribution in [3.8, 4) is 0 Å². The van der Waals surface area contributed by atoms with Crippen molar-refractivity contribution in [2.24, 2.45) is 0 Å². The van der Waals surface area contributed by atoms with Gasteiger partial charge in [-0.15, -0.1) is 5.56 Å². The summed E-state index contributed by atoms with van der Waals surface area (Å²) >= 11 is 3.73. The average Bonchev–Trinajstić information content (AvgIpc) is 3.11. The SMILES string of the molecule is CC1=CC2=Cc3n[c-]ccc3C(Br)C2=C1.[Cl-].[Cl-].[Zr+4].c1cc[cH-]c1. The predicted octanol–water partition coefficient (Wildman–Crippen LogP) is -0.988. The van der Waals surface area contributed by atoms with Crippen LogP contribution >= 0.6 is 15.9 Å². The van der Waals surface area contributed by atoms with Gasteiger partial charge >= 0.3 is 26.2 Å².